The maximum Gasteiger partial charge on any atom is 0.247 e. The summed E-state index contributed by atoms with van der Waals surface area (Å²) >= 11 is 6.10. The van der Waals surface area contributed by atoms with Gasteiger partial charge in [-0.15, -0.1) is 10.2 Å². The number of nitrogens with zero attached hydrogens (tertiary/aromatic N) is 4. The van der Waals surface area contributed by atoms with Crippen LogP contribution in [0.5, 0.6) is 0 Å². The zero-order valence-electron chi connectivity index (χ0n) is 16.1. The molecule has 0 aliphatic heterocycles. The Morgan fingerprint density at radius 2 is 1.90 bits per heavy atom. The lowest BCUT2D eigenvalue weighted by molar-refractivity contribution is 0.208. The molecule has 0 fully saturated rings. The van der Waals surface area contributed by atoms with Crippen molar-refractivity contribution in [3.63, 3.8) is 0 Å². The van der Waals surface area contributed by atoms with E-state index in [1.165, 1.54) is 6.39 Å². The molecule has 0 saturated carbocycles. The summed E-state index contributed by atoms with van der Waals surface area (Å²) in [4.78, 5) is 0. The topological polar surface area (TPSA) is 119 Å². The van der Waals surface area contributed by atoms with Crippen LogP contribution in [-0.4, -0.2) is 28.0 Å². The van der Waals surface area contributed by atoms with Crippen LogP contribution in [0.2, 0.25) is 5.02 Å². The summed E-state index contributed by atoms with van der Waals surface area (Å²) in [6, 6.07) is 14.6. The molecule has 0 bridgehead atoms. The largest absolute Gasteiger partial charge is 0.423 e. The first kappa shape index (κ1) is 21.9. The lowest BCUT2D eigenvalue weighted by atomic mass is 10.1. The zero-order valence-corrected chi connectivity index (χ0v) is 16.8. The fourth-order valence-electron chi connectivity index (χ4n) is 2.46. The lowest BCUT2D eigenvalue weighted by Gasteiger charge is -2.14. The molecule has 148 valence electrons. The Morgan fingerprint density at radius 1 is 1.17 bits per heavy atom. The number of hydrogen-bond donors (Lipinski definition) is 2. The van der Waals surface area contributed by atoms with Crippen molar-refractivity contribution in [2.45, 2.75) is 26.4 Å². The van der Waals surface area contributed by atoms with Gasteiger partial charge in [0.25, 0.3) is 0 Å². The van der Waals surface area contributed by atoms with E-state index in [4.69, 9.17) is 26.5 Å². The number of hydrogen-bond acceptors (Lipinski definition) is 7. The van der Waals surface area contributed by atoms with Crippen molar-refractivity contribution in [1.29, 1.82) is 10.5 Å². The third kappa shape index (κ3) is 6.05. The third-order valence-corrected chi connectivity index (χ3v) is 4.36. The van der Waals surface area contributed by atoms with Crippen LogP contribution in [0.3, 0.4) is 0 Å². The first-order valence-electron chi connectivity index (χ1n) is 8.90. The Kier molecular flexibility index (Phi) is 8.17. The molecule has 0 saturated heterocycles. The van der Waals surface area contributed by atoms with E-state index < -0.39 is 6.10 Å². The highest BCUT2D eigenvalue weighted by molar-refractivity contribution is 6.32. The van der Waals surface area contributed by atoms with E-state index in [0.29, 0.717) is 28.6 Å². The first-order chi connectivity index (χ1) is 14.0. The van der Waals surface area contributed by atoms with Crippen molar-refractivity contribution >= 4 is 17.3 Å². The van der Waals surface area contributed by atoms with Crippen molar-refractivity contribution in [3.8, 4) is 23.6 Å². The Balaban J connectivity index is 0.000000211. The van der Waals surface area contributed by atoms with Crippen molar-refractivity contribution in [1.82, 2.24) is 10.2 Å². The number of aromatic nitrogens is 2. The molecular weight excluding hydrogens is 390 g/mol. The second kappa shape index (κ2) is 10.8. The summed E-state index contributed by atoms with van der Waals surface area (Å²) in [6.07, 6.45) is 1.60. The number of halogens is 1. The minimum Gasteiger partial charge on any atom is -0.423 e. The zero-order chi connectivity index (χ0) is 21.2. The average Bonchev–Trinajstić information content (AvgIpc) is 3.27. The molecule has 0 radical (unpaired) electrons. The minimum absolute atomic E-state index is 0.417. The Hall–Kier alpha value is -3.39. The van der Waals surface area contributed by atoms with Crippen molar-refractivity contribution in [3.05, 3.63) is 64.5 Å². The van der Waals surface area contributed by atoms with E-state index in [9.17, 15) is 5.11 Å². The number of benzene rings is 2. The van der Waals surface area contributed by atoms with Crippen LogP contribution < -0.4 is 5.32 Å². The van der Waals surface area contributed by atoms with Gasteiger partial charge in [0.1, 0.15) is 6.07 Å². The molecule has 0 amide bonds. The second-order valence-electron chi connectivity index (χ2n) is 6.08. The minimum atomic E-state index is -0.417. The maximum absolute atomic E-state index is 9.20. The van der Waals surface area contributed by atoms with Gasteiger partial charge in [0, 0.05) is 17.8 Å². The number of aliphatic hydroxyl groups excluding tert-OH is 1. The molecular formula is C21H20ClN5O2. The number of aliphatic hydroxyl groups is 1. The van der Waals surface area contributed by atoms with Gasteiger partial charge in [0.15, 0.2) is 0 Å². The molecule has 0 aliphatic carbocycles. The van der Waals surface area contributed by atoms with E-state index in [1.54, 1.807) is 37.3 Å². The Bertz CT molecular complexity index is 1000. The van der Waals surface area contributed by atoms with Gasteiger partial charge >= 0.3 is 0 Å². The summed E-state index contributed by atoms with van der Waals surface area (Å²) in [5.74, 6) is 0.462. The monoisotopic (exact) mass is 409 g/mol. The van der Waals surface area contributed by atoms with Gasteiger partial charge in [0.2, 0.25) is 12.3 Å². The number of nitrogens with one attached hydrogen (secondary N) is 1. The van der Waals surface area contributed by atoms with Crippen LogP contribution in [-0.2, 0) is 6.42 Å². The predicted molar refractivity (Wildman–Crippen MR) is 110 cm³/mol. The molecule has 1 unspecified atom stereocenters. The molecule has 7 nitrogen and oxygen atoms in total. The first-order valence-corrected chi connectivity index (χ1v) is 9.28. The summed E-state index contributed by atoms with van der Waals surface area (Å²) in [5, 5.41) is 37.5. The molecule has 3 rings (SSSR count). The summed E-state index contributed by atoms with van der Waals surface area (Å²) < 4.78 is 4.99. The van der Waals surface area contributed by atoms with Gasteiger partial charge in [-0.25, -0.2) is 0 Å². The fourth-order valence-corrected chi connectivity index (χ4v) is 2.80. The lowest BCUT2D eigenvalue weighted by Crippen LogP contribution is -2.16. The van der Waals surface area contributed by atoms with E-state index in [0.717, 1.165) is 23.2 Å². The Labute approximate surface area is 174 Å². The average molecular weight is 410 g/mol. The fraction of sp³-hybridized carbons (Fsp3) is 0.238. The number of nitriles is 2. The second-order valence-corrected chi connectivity index (χ2v) is 6.46. The number of rotatable bonds is 5. The molecule has 8 heteroatoms. The molecule has 1 heterocycles. The third-order valence-electron chi connectivity index (χ3n) is 3.93. The van der Waals surface area contributed by atoms with Gasteiger partial charge in [-0.05, 0) is 55.3 Å². The molecule has 29 heavy (non-hydrogen) atoms. The molecule has 1 aromatic heterocycles. The summed E-state index contributed by atoms with van der Waals surface area (Å²) in [7, 11) is 0. The molecule has 1 atom stereocenters. The summed E-state index contributed by atoms with van der Waals surface area (Å²) in [6.45, 7) is 4.16. The van der Waals surface area contributed by atoms with Gasteiger partial charge in [-0.3, -0.25) is 0 Å². The van der Waals surface area contributed by atoms with E-state index >= 15 is 0 Å². The van der Waals surface area contributed by atoms with E-state index in [-0.39, 0.29) is 0 Å². The van der Waals surface area contributed by atoms with Gasteiger partial charge in [-0.2, -0.15) is 10.5 Å². The molecule has 2 aromatic carbocycles. The normalized spacial score (nSPS) is 10.8. The molecule has 2 N–H and O–H groups in total. The molecule has 0 aliphatic rings. The molecule has 3 aromatic rings. The Morgan fingerprint density at radius 3 is 2.41 bits per heavy atom. The number of anilines is 1. The van der Waals surface area contributed by atoms with Crippen molar-refractivity contribution in [2.75, 3.05) is 11.9 Å². The quantitative estimate of drug-likeness (QED) is 0.648. The van der Waals surface area contributed by atoms with Crippen LogP contribution in [0.25, 0.3) is 11.5 Å². The van der Waals surface area contributed by atoms with Crippen LogP contribution in [0.4, 0.5) is 5.69 Å². The highest BCUT2D eigenvalue weighted by Crippen LogP contribution is 2.28. The summed E-state index contributed by atoms with van der Waals surface area (Å²) in [5.41, 5.74) is 3.72. The highest BCUT2D eigenvalue weighted by Gasteiger charge is 2.10. The SMILES string of the molecule is CCc1c(NCC(C)O)ccc(C#N)c1Cl.N#Cc1ccc(-c2nnco2)cc1. The van der Waals surface area contributed by atoms with Crippen LogP contribution in [0.15, 0.2) is 47.2 Å². The molecule has 0 spiro atoms. The van der Waals surface area contributed by atoms with Crippen LogP contribution >= 0.6 is 11.6 Å². The van der Waals surface area contributed by atoms with Gasteiger partial charge in [-0.1, -0.05) is 18.5 Å². The van der Waals surface area contributed by atoms with Gasteiger partial charge < -0.3 is 14.8 Å². The van der Waals surface area contributed by atoms with Crippen LogP contribution in [0, 0.1) is 22.7 Å². The predicted octanol–water partition coefficient (Wildman–Crippen LogP) is 4.18. The van der Waals surface area contributed by atoms with E-state index in [2.05, 4.69) is 21.6 Å². The van der Waals surface area contributed by atoms with E-state index in [1.807, 2.05) is 19.1 Å². The van der Waals surface area contributed by atoms with Gasteiger partial charge in [0.05, 0.1) is 28.3 Å². The highest BCUT2D eigenvalue weighted by atomic mass is 35.5. The standard InChI is InChI=1S/C12H15ClN2O.C9H5N3O/c1-3-10-11(15-7-8(2)16)5-4-9(6-14)12(10)13;10-5-7-1-3-8(4-2-7)9-12-11-6-13-9/h4-5,8,15-16H,3,7H2,1-2H3;1-4,6H. The van der Waals surface area contributed by atoms with Crippen LogP contribution in [0.1, 0.15) is 30.5 Å². The van der Waals surface area contributed by atoms with Crippen molar-refractivity contribution < 1.29 is 9.52 Å². The van der Waals surface area contributed by atoms with Crippen molar-refractivity contribution in [2.24, 2.45) is 0 Å². The maximum atomic E-state index is 9.20. The smallest absolute Gasteiger partial charge is 0.247 e.